The Morgan fingerprint density at radius 2 is 1.64 bits per heavy atom. The third-order valence-electron chi connectivity index (χ3n) is 6.34. The molecule has 1 fully saturated rings. The Kier molecular flexibility index (Phi) is 8.62. The maximum Gasteiger partial charge on any atom is 0.410 e. The quantitative estimate of drug-likeness (QED) is 0.511. The standard InChI is InChI=1S/C25H42N2O5Si/c1-19(32-33(8,9)25(5,6)7)21-17-26(15-16-27(21)23(29)31-24(2,3)4)22(28)30-18-20-13-11-10-12-14-20/h10-14,19,21H,15-18H2,1-9H3/t19?,21-/m1/s1. The highest BCUT2D eigenvalue weighted by molar-refractivity contribution is 6.74. The van der Waals surface area contributed by atoms with Crippen LogP contribution < -0.4 is 0 Å². The highest BCUT2D eigenvalue weighted by Crippen LogP contribution is 2.38. The molecule has 0 aromatic heterocycles. The highest BCUT2D eigenvalue weighted by atomic mass is 28.4. The fourth-order valence-electron chi connectivity index (χ4n) is 3.46. The Balaban J connectivity index is 2.16. The molecule has 7 nitrogen and oxygen atoms in total. The molecule has 2 rings (SSSR count). The SMILES string of the molecule is CC(O[Si](C)(C)C(C)(C)C)[C@H]1CN(C(=O)OCc2ccccc2)CCN1C(=O)OC(C)(C)C. The second kappa shape index (κ2) is 10.5. The molecule has 0 spiro atoms. The van der Waals surface area contributed by atoms with Gasteiger partial charge in [0.1, 0.15) is 12.2 Å². The summed E-state index contributed by atoms with van der Waals surface area (Å²) in [6, 6.07) is 9.27. The van der Waals surface area contributed by atoms with Gasteiger partial charge in [-0.25, -0.2) is 9.59 Å². The average molecular weight is 479 g/mol. The van der Waals surface area contributed by atoms with E-state index < -0.39 is 13.9 Å². The summed E-state index contributed by atoms with van der Waals surface area (Å²) in [5, 5.41) is 0.0287. The van der Waals surface area contributed by atoms with Crippen LogP contribution in [0.25, 0.3) is 0 Å². The molecule has 33 heavy (non-hydrogen) atoms. The third kappa shape index (κ3) is 7.74. The third-order valence-corrected chi connectivity index (χ3v) is 10.9. The first-order chi connectivity index (χ1) is 15.1. The van der Waals surface area contributed by atoms with Gasteiger partial charge in [-0.05, 0) is 51.4 Å². The molecule has 0 saturated carbocycles. The Labute approximate surface area is 200 Å². The zero-order chi connectivity index (χ0) is 25.0. The van der Waals surface area contributed by atoms with Crippen molar-refractivity contribution in [2.24, 2.45) is 0 Å². The van der Waals surface area contributed by atoms with Crippen molar-refractivity contribution < 1.29 is 23.5 Å². The van der Waals surface area contributed by atoms with Gasteiger partial charge in [0.05, 0.1) is 12.1 Å². The summed E-state index contributed by atoms with van der Waals surface area (Å²) in [4.78, 5) is 29.2. The van der Waals surface area contributed by atoms with Crippen molar-refractivity contribution in [1.29, 1.82) is 0 Å². The van der Waals surface area contributed by atoms with Gasteiger partial charge in [-0.1, -0.05) is 51.1 Å². The molecule has 0 aliphatic carbocycles. The predicted molar refractivity (Wildman–Crippen MR) is 133 cm³/mol. The minimum Gasteiger partial charge on any atom is -0.445 e. The molecule has 0 N–H and O–H groups in total. The van der Waals surface area contributed by atoms with E-state index in [4.69, 9.17) is 13.9 Å². The second-order valence-electron chi connectivity index (χ2n) is 11.3. The fourth-order valence-corrected chi connectivity index (χ4v) is 4.90. The van der Waals surface area contributed by atoms with Gasteiger partial charge in [0.2, 0.25) is 0 Å². The molecular formula is C25H42N2O5Si. The number of carbonyl (C=O) groups is 2. The second-order valence-corrected chi connectivity index (χ2v) is 16.1. The lowest BCUT2D eigenvalue weighted by molar-refractivity contribution is -0.0257. The van der Waals surface area contributed by atoms with Crippen LogP contribution in [-0.4, -0.2) is 67.7 Å². The van der Waals surface area contributed by atoms with E-state index in [9.17, 15) is 9.59 Å². The van der Waals surface area contributed by atoms with Gasteiger partial charge in [-0.3, -0.25) is 4.90 Å². The molecule has 0 radical (unpaired) electrons. The number of ether oxygens (including phenoxy) is 2. The van der Waals surface area contributed by atoms with E-state index in [1.165, 1.54) is 0 Å². The van der Waals surface area contributed by atoms with Crippen molar-refractivity contribution in [2.45, 2.75) is 91.0 Å². The first-order valence-corrected chi connectivity index (χ1v) is 14.6. The number of benzene rings is 1. The summed E-state index contributed by atoms with van der Waals surface area (Å²) in [5.74, 6) is 0. The lowest BCUT2D eigenvalue weighted by atomic mass is 10.1. The number of hydrogen-bond donors (Lipinski definition) is 0. The van der Waals surface area contributed by atoms with Crippen LogP contribution in [0.2, 0.25) is 18.1 Å². The molecular weight excluding hydrogens is 436 g/mol. The summed E-state index contributed by atoms with van der Waals surface area (Å²) >= 11 is 0. The number of hydrogen-bond acceptors (Lipinski definition) is 5. The summed E-state index contributed by atoms with van der Waals surface area (Å²) in [6.07, 6.45) is -1.02. The summed E-state index contributed by atoms with van der Waals surface area (Å²) in [6.45, 7) is 19.8. The van der Waals surface area contributed by atoms with Crippen LogP contribution in [0.15, 0.2) is 30.3 Å². The van der Waals surface area contributed by atoms with Crippen molar-refractivity contribution >= 4 is 20.5 Å². The van der Waals surface area contributed by atoms with Gasteiger partial charge in [0.25, 0.3) is 0 Å². The summed E-state index contributed by atoms with van der Waals surface area (Å²) < 4.78 is 17.8. The first-order valence-electron chi connectivity index (χ1n) is 11.7. The first kappa shape index (κ1) is 27.2. The number of carbonyl (C=O) groups excluding carboxylic acids is 2. The van der Waals surface area contributed by atoms with Gasteiger partial charge in [0.15, 0.2) is 8.32 Å². The Morgan fingerprint density at radius 3 is 2.18 bits per heavy atom. The molecule has 1 aromatic rings. The van der Waals surface area contributed by atoms with Crippen LogP contribution in [-0.2, 0) is 20.5 Å². The number of amides is 2. The molecule has 1 aliphatic heterocycles. The lowest BCUT2D eigenvalue weighted by Gasteiger charge is -2.46. The number of nitrogens with zero attached hydrogens (tertiary/aromatic N) is 2. The summed E-state index contributed by atoms with van der Waals surface area (Å²) in [5.41, 5.74) is 0.334. The molecule has 1 saturated heterocycles. The van der Waals surface area contributed by atoms with Crippen molar-refractivity contribution in [3.63, 3.8) is 0 Å². The van der Waals surface area contributed by atoms with Gasteiger partial charge >= 0.3 is 12.2 Å². The minimum absolute atomic E-state index is 0.0287. The summed E-state index contributed by atoms with van der Waals surface area (Å²) in [7, 11) is -2.09. The van der Waals surface area contributed by atoms with Crippen molar-refractivity contribution in [3.8, 4) is 0 Å². The van der Waals surface area contributed by atoms with Crippen molar-refractivity contribution in [1.82, 2.24) is 9.80 Å². The molecule has 1 aromatic carbocycles. The van der Waals surface area contributed by atoms with E-state index >= 15 is 0 Å². The van der Waals surface area contributed by atoms with Gasteiger partial charge in [0, 0.05) is 19.6 Å². The molecule has 2 amide bonds. The van der Waals surface area contributed by atoms with E-state index in [1.54, 1.807) is 9.80 Å². The molecule has 1 aliphatic rings. The van der Waals surface area contributed by atoms with E-state index in [-0.39, 0.29) is 36.0 Å². The van der Waals surface area contributed by atoms with Crippen LogP contribution >= 0.6 is 0 Å². The van der Waals surface area contributed by atoms with Crippen LogP contribution in [0.4, 0.5) is 9.59 Å². The molecule has 1 unspecified atom stereocenters. The molecule has 0 bridgehead atoms. The molecule has 2 atom stereocenters. The van der Waals surface area contributed by atoms with Crippen LogP contribution in [0, 0.1) is 0 Å². The van der Waals surface area contributed by atoms with Crippen molar-refractivity contribution in [2.75, 3.05) is 19.6 Å². The minimum atomic E-state index is -2.09. The highest BCUT2D eigenvalue weighted by Gasteiger charge is 2.44. The van der Waals surface area contributed by atoms with E-state index in [0.29, 0.717) is 19.6 Å². The lowest BCUT2D eigenvalue weighted by Crippen LogP contribution is -2.62. The largest absolute Gasteiger partial charge is 0.445 e. The number of piperazine rings is 1. The van der Waals surface area contributed by atoms with Crippen molar-refractivity contribution in [3.05, 3.63) is 35.9 Å². The van der Waals surface area contributed by atoms with Crippen LogP contribution in [0.5, 0.6) is 0 Å². The maximum atomic E-state index is 13.0. The Bertz CT molecular complexity index is 801. The Morgan fingerprint density at radius 1 is 1.03 bits per heavy atom. The van der Waals surface area contributed by atoms with Crippen LogP contribution in [0.1, 0.15) is 54.0 Å². The molecule has 8 heteroatoms. The number of rotatable bonds is 5. The monoisotopic (exact) mass is 478 g/mol. The predicted octanol–water partition coefficient (Wildman–Crippen LogP) is 5.65. The zero-order valence-corrected chi connectivity index (χ0v) is 22.8. The zero-order valence-electron chi connectivity index (χ0n) is 21.8. The van der Waals surface area contributed by atoms with Crippen LogP contribution in [0.3, 0.4) is 0 Å². The fraction of sp³-hybridized carbons (Fsp3) is 0.680. The maximum absolute atomic E-state index is 13.0. The normalized spacial score (nSPS) is 18.6. The van der Waals surface area contributed by atoms with E-state index in [1.807, 2.05) is 58.0 Å². The topological polar surface area (TPSA) is 68.3 Å². The molecule has 186 valence electrons. The van der Waals surface area contributed by atoms with E-state index in [0.717, 1.165) is 5.56 Å². The Hall–Kier alpha value is -2.06. The smallest absolute Gasteiger partial charge is 0.410 e. The van der Waals surface area contributed by atoms with Gasteiger partial charge in [-0.15, -0.1) is 0 Å². The van der Waals surface area contributed by atoms with E-state index in [2.05, 4.69) is 33.9 Å². The van der Waals surface area contributed by atoms with Gasteiger partial charge < -0.3 is 18.8 Å². The van der Waals surface area contributed by atoms with Gasteiger partial charge in [-0.2, -0.15) is 0 Å². The average Bonchev–Trinajstić information content (AvgIpc) is 2.70. The molecule has 1 heterocycles.